The van der Waals surface area contributed by atoms with E-state index in [1.165, 1.54) is 7.11 Å². The maximum absolute atomic E-state index is 12.6. The number of ether oxygens (including phenoxy) is 2. The average Bonchev–Trinajstić information content (AvgIpc) is 2.53. The number of rotatable bonds is 4. The summed E-state index contributed by atoms with van der Waals surface area (Å²) < 4.78 is 10.4. The van der Waals surface area contributed by atoms with Gasteiger partial charge in [0.2, 0.25) is 0 Å². The number of nitrogens with zero attached hydrogens (tertiary/aromatic N) is 1. The highest BCUT2D eigenvalue weighted by Crippen LogP contribution is 2.28. The van der Waals surface area contributed by atoms with Gasteiger partial charge in [-0.1, -0.05) is 0 Å². The van der Waals surface area contributed by atoms with Crippen LogP contribution in [0.1, 0.15) is 29.6 Å². The van der Waals surface area contributed by atoms with Crippen molar-refractivity contribution in [2.75, 3.05) is 27.4 Å². The Morgan fingerprint density at radius 2 is 2.15 bits per heavy atom. The molecule has 20 heavy (non-hydrogen) atoms. The molecule has 1 N–H and O–H groups in total. The molecule has 2 rings (SSSR count). The van der Waals surface area contributed by atoms with Gasteiger partial charge in [0.1, 0.15) is 11.5 Å². The molecule has 1 aliphatic rings. The molecule has 1 saturated heterocycles. The highest BCUT2D eigenvalue weighted by Gasteiger charge is 2.28. The molecular weight excluding hydrogens is 258 g/mol. The molecule has 1 aliphatic heterocycles. The van der Waals surface area contributed by atoms with E-state index in [9.17, 15) is 9.90 Å². The summed E-state index contributed by atoms with van der Waals surface area (Å²) in [4.78, 5) is 14.4. The van der Waals surface area contributed by atoms with E-state index < -0.39 is 0 Å². The molecule has 5 heteroatoms. The number of hydrogen-bond acceptors (Lipinski definition) is 4. The number of likely N-dealkylation sites (tertiary alicyclic amines) is 1. The summed E-state index contributed by atoms with van der Waals surface area (Å²) >= 11 is 0. The van der Waals surface area contributed by atoms with Gasteiger partial charge in [0.05, 0.1) is 32.4 Å². The van der Waals surface area contributed by atoms with Gasteiger partial charge in [-0.2, -0.15) is 0 Å². The zero-order chi connectivity index (χ0) is 14.5. The highest BCUT2D eigenvalue weighted by molar-refractivity contribution is 5.97. The van der Waals surface area contributed by atoms with Crippen molar-refractivity contribution in [1.29, 1.82) is 0 Å². The molecule has 0 radical (unpaired) electrons. The van der Waals surface area contributed by atoms with Gasteiger partial charge >= 0.3 is 0 Å². The minimum atomic E-state index is -0.0944. The first-order chi connectivity index (χ1) is 9.71. The summed E-state index contributed by atoms with van der Waals surface area (Å²) in [6.45, 7) is 0.684. The zero-order valence-electron chi connectivity index (χ0n) is 12.0. The molecule has 1 heterocycles. The Morgan fingerprint density at radius 3 is 2.80 bits per heavy atom. The van der Waals surface area contributed by atoms with Crippen LogP contribution in [-0.4, -0.2) is 49.3 Å². The number of hydrogen-bond donors (Lipinski definition) is 1. The summed E-state index contributed by atoms with van der Waals surface area (Å²) in [5, 5.41) is 9.42. The first-order valence-electron chi connectivity index (χ1n) is 6.85. The van der Waals surface area contributed by atoms with Crippen LogP contribution in [-0.2, 0) is 0 Å². The van der Waals surface area contributed by atoms with Crippen LogP contribution in [0.2, 0.25) is 0 Å². The summed E-state index contributed by atoms with van der Waals surface area (Å²) in [5.41, 5.74) is 0.508. The van der Waals surface area contributed by atoms with Crippen LogP contribution >= 0.6 is 0 Å². The van der Waals surface area contributed by atoms with Crippen LogP contribution in [0.15, 0.2) is 18.2 Å². The highest BCUT2D eigenvalue weighted by atomic mass is 16.5. The monoisotopic (exact) mass is 279 g/mol. The molecule has 1 fully saturated rings. The van der Waals surface area contributed by atoms with E-state index in [-0.39, 0.29) is 18.6 Å². The molecule has 1 aromatic rings. The van der Waals surface area contributed by atoms with Crippen molar-refractivity contribution in [3.8, 4) is 11.5 Å². The fourth-order valence-corrected chi connectivity index (χ4v) is 2.59. The van der Waals surface area contributed by atoms with E-state index >= 15 is 0 Å². The second kappa shape index (κ2) is 6.61. The lowest BCUT2D eigenvalue weighted by Crippen LogP contribution is -2.45. The Labute approximate surface area is 119 Å². The third-order valence-electron chi connectivity index (χ3n) is 3.74. The van der Waals surface area contributed by atoms with Crippen molar-refractivity contribution < 1.29 is 19.4 Å². The number of amides is 1. The Kier molecular flexibility index (Phi) is 4.84. The summed E-state index contributed by atoms with van der Waals surface area (Å²) in [6, 6.07) is 5.06. The van der Waals surface area contributed by atoms with Crippen molar-refractivity contribution in [3.05, 3.63) is 23.8 Å². The number of carbonyl (C=O) groups excluding carboxylic acids is 1. The predicted molar refractivity (Wildman–Crippen MR) is 75.3 cm³/mol. The smallest absolute Gasteiger partial charge is 0.257 e. The van der Waals surface area contributed by atoms with E-state index in [2.05, 4.69) is 0 Å². The third-order valence-corrected chi connectivity index (χ3v) is 3.74. The minimum absolute atomic E-state index is 0.00418. The van der Waals surface area contributed by atoms with Crippen LogP contribution in [0.5, 0.6) is 11.5 Å². The molecule has 5 nitrogen and oxygen atoms in total. The Hall–Kier alpha value is -1.75. The quantitative estimate of drug-likeness (QED) is 0.911. The molecule has 0 saturated carbocycles. The van der Waals surface area contributed by atoms with Gasteiger partial charge in [-0.3, -0.25) is 4.79 Å². The van der Waals surface area contributed by atoms with Crippen LogP contribution in [0.4, 0.5) is 0 Å². The topological polar surface area (TPSA) is 59.0 Å². The van der Waals surface area contributed by atoms with Gasteiger partial charge in [-0.15, -0.1) is 0 Å². The van der Waals surface area contributed by atoms with Gasteiger partial charge < -0.3 is 19.5 Å². The number of aliphatic hydroxyl groups is 1. The SMILES string of the molecule is COc1ccc(C(=O)N2CCCCC2CO)c(OC)c1. The fraction of sp³-hybridized carbons (Fsp3) is 0.533. The predicted octanol–water partition coefficient (Wildman–Crippen LogP) is 1.69. The van der Waals surface area contributed by atoms with E-state index in [0.29, 0.717) is 23.6 Å². The van der Waals surface area contributed by atoms with Gasteiger partial charge in [-0.25, -0.2) is 0 Å². The standard InChI is InChI=1S/C15H21NO4/c1-19-12-6-7-13(14(9-12)20-2)15(18)16-8-4-3-5-11(16)10-17/h6-7,9,11,17H,3-5,8,10H2,1-2H3. The molecule has 1 amide bonds. The van der Waals surface area contributed by atoms with E-state index in [4.69, 9.17) is 9.47 Å². The molecule has 0 aliphatic carbocycles. The lowest BCUT2D eigenvalue weighted by atomic mass is 10.0. The van der Waals surface area contributed by atoms with Crippen LogP contribution in [0.25, 0.3) is 0 Å². The molecule has 1 unspecified atom stereocenters. The molecular formula is C15H21NO4. The first kappa shape index (κ1) is 14.7. The lowest BCUT2D eigenvalue weighted by Gasteiger charge is -2.35. The van der Waals surface area contributed by atoms with Crippen LogP contribution in [0.3, 0.4) is 0 Å². The fourth-order valence-electron chi connectivity index (χ4n) is 2.59. The maximum atomic E-state index is 12.6. The third kappa shape index (κ3) is 2.88. The first-order valence-corrected chi connectivity index (χ1v) is 6.85. The summed E-state index contributed by atoms with van der Waals surface area (Å²) in [6.07, 6.45) is 2.87. The molecule has 0 bridgehead atoms. The normalized spacial score (nSPS) is 18.8. The van der Waals surface area contributed by atoms with Crippen molar-refractivity contribution in [1.82, 2.24) is 4.90 Å². The second-order valence-corrected chi connectivity index (χ2v) is 4.90. The van der Waals surface area contributed by atoms with Crippen LogP contribution in [0, 0.1) is 0 Å². The van der Waals surface area contributed by atoms with Gasteiger partial charge in [0, 0.05) is 12.6 Å². The average molecular weight is 279 g/mol. The van der Waals surface area contributed by atoms with Crippen molar-refractivity contribution in [3.63, 3.8) is 0 Å². The minimum Gasteiger partial charge on any atom is -0.497 e. The van der Waals surface area contributed by atoms with Gasteiger partial charge in [0.15, 0.2) is 0 Å². The lowest BCUT2D eigenvalue weighted by molar-refractivity contribution is 0.0500. The Balaban J connectivity index is 2.27. The van der Waals surface area contributed by atoms with Gasteiger partial charge in [0.25, 0.3) is 5.91 Å². The second-order valence-electron chi connectivity index (χ2n) is 4.90. The largest absolute Gasteiger partial charge is 0.497 e. The molecule has 0 spiro atoms. The van der Waals surface area contributed by atoms with Crippen molar-refractivity contribution in [2.24, 2.45) is 0 Å². The summed E-state index contributed by atoms with van der Waals surface area (Å²) in [5.74, 6) is 1.05. The van der Waals surface area contributed by atoms with Crippen molar-refractivity contribution in [2.45, 2.75) is 25.3 Å². The zero-order valence-corrected chi connectivity index (χ0v) is 12.0. The number of carbonyl (C=O) groups is 1. The Bertz CT molecular complexity index is 475. The molecule has 110 valence electrons. The Morgan fingerprint density at radius 1 is 1.35 bits per heavy atom. The summed E-state index contributed by atoms with van der Waals surface area (Å²) in [7, 11) is 3.11. The number of piperidine rings is 1. The number of methoxy groups -OCH3 is 2. The molecule has 0 aromatic heterocycles. The van der Waals surface area contributed by atoms with Crippen LogP contribution < -0.4 is 9.47 Å². The number of aliphatic hydroxyl groups excluding tert-OH is 1. The van der Waals surface area contributed by atoms with Gasteiger partial charge in [-0.05, 0) is 31.4 Å². The maximum Gasteiger partial charge on any atom is 0.257 e. The molecule has 1 atom stereocenters. The van der Waals surface area contributed by atoms with E-state index in [0.717, 1.165) is 19.3 Å². The molecule has 1 aromatic carbocycles. The van der Waals surface area contributed by atoms with E-state index in [1.54, 1.807) is 30.2 Å². The van der Waals surface area contributed by atoms with Crippen molar-refractivity contribution >= 4 is 5.91 Å². The van der Waals surface area contributed by atoms with E-state index in [1.807, 2.05) is 0 Å². The number of benzene rings is 1.